The van der Waals surface area contributed by atoms with Gasteiger partial charge in [-0.2, -0.15) is 0 Å². The maximum absolute atomic E-state index is 14.1. The van der Waals surface area contributed by atoms with Crippen molar-refractivity contribution < 1.29 is 33.5 Å². The lowest BCUT2D eigenvalue weighted by Crippen LogP contribution is -2.73. The molecular formula is C35H31N3O8S. The van der Waals surface area contributed by atoms with Gasteiger partial charge in [-0.05, 0) is 52.8 Å². The topological polar surface area (TPSA) is 138 Å². The van der Waals surface area contributed by atoms with Gasteiger partial charge in [0, 0.05) is 25.3 Å². The van der Waals surface area contributed by atoms with E-state index in [-0.39, 0.29) is 12.3 Å². The molecule has 4 aromatic carbocycles. The van der Waals surface area contributed by atoms with Crippen LogP contribution in [-0.2, 0) is 37.1 Å². The molecule has 5 rings (SSSR count). The molecule has 0 spiro atoms. The number of nitro groups is 1. The maximum atomic E-state index is 14.1. The molecule has 0 aromatic heterocycles. The molecule has 1 aliphatic heterocycles. The molecular weight excluding hydrogens is 622 g/mol. The lowest BCUT2D eigenvalue weighted by Gasteiger charge is -2.53. The van der Waals surface area contributed by atoms with Crippen LogP contribution in [0.4, 0.5) is 5.69 Å². The first-order chi connectivity index (χ1) is 22.7. The molecule has 12 heteroatoms. The van der Waals surface area contributed by atoms with Crippen LogP contribution in [0.2, 0.25) is 0 Å². The number of ether oxygens (including phenoxy) is 3. The second-order valence-corrected chi connectivity index (χ2v) is 11.6. The van der Waals surface area contributed by atoms with Crippen molar-refractivity contribution in [3.8, 4) is 5.75 Å². The number of thioether (sulfide) groups is 1. The molecule has 47 heavy (non-hydrogen) atoms. The molecule has 240 valence electrons. The van der Waals surface area contributed by atoms with Crippen LogP contribution in [0.3, 0.4) is 0 Å². The van der Waals surface area contributed by atoms with Crippen molar-refractivity contribution in [2.24, 2.45) is 4.99 Å². The minimum atomic E-state index is -1.62. The number of likely N-dealkylation sites (tertiary alicyclic amines) is 1. The van der Waals surface area contributed by atoms with Crippen LogP contribution in [-0.4, -0.2) is 51.2 Å². The number of amides is 1. The van der Waals surface area contributed by atoms with Crippen molar-refractivity contribution in [2.45, 2.75) is 37.3 Å². The zero-order chi connectivity index (χ0) is 33.4. The minimum Gasteiger partial charge on any atom is -0.489 e. The van der Waals surface area contributed by atoms with E-state index in [4.69, 9.17) is 14.2 Å². The highest BCUT2D eigenvalue weighted by Gasteiger charge is 2.66. The van der Waals surface area contributed by atoms with Gasteiger partial charge in [-0.25, -0.2) is 4.79 Å². The Morgan fingerprint density at radius 1 is 0.936 bits per heavy atom. The standard InChI is InChI=1S/C35H31N3O8S/c1-24(39)46-34-35(47-2,36-21-25-13-17-29(18-14-25)38(42)43)33(41)37(34)31(32(40)45-23-27-11-7-4-8-12-27)28-15-19-30(20-16-28)44-22-26-9-5-3-6-10-26/h3-21,31,34H,22-23H2,1-2H3/t31?,34-,35-/m1/s1. The number of esters is 2. The molecule has 0 saturated carbocycles. The van der Waals surface area contributed by atoms with Gasteiger partial charge >= 0.3 is 11.9 Å². The van der Waals surface area contributed by atoms with Crippen molar-refractivity contribution >= 4 is 41.5 Å². The van der Waals surface area contributed by atoms with Crippen LogP contribution in [0.1, 0.15) is 35.2 Å². The smallest absolute Gasteiger partial charge is 0.334 e. The van der Waals surface area contributed by atoms with E-state index in [1.807, 2.05) is 60.7 Å². The summed E-state index contributed by atoms with van der Waals surface area (Å²) in [7, 11) is 0. The molecule has 0 radical (unpaired) electrons. The third-order valence-electron chi connectivity index (χ3n) is 7.40. The van der Waals surface area contributed by atoms with Crippen LogP contribution < -0.4 is 4.74 Å². The Morgan fingerprint density at radius 3 is 2.09 bits per heavy atom. The van der Waals surface area contributed by atoms with Gasteiger partial charge in [0.25, 0.3) is 11.6 Å². The summed E-state index contributed by atoms with van der Waals surface area (Å²) in [4.78, 5) is 54.8. The van der Waals surface area contributed by atoms with E-state index in [1.54, 1.807) is 30.5 Å². The summed E-state index contributed by atoms with van der Waals surface area (Å²) in [6.45, 7) is 1.50. The molecule has 1 heterocycles. The Hall–Kier alpha value is -5.49. The summed E-state index contributed by atoms with van der Waals surface area (Å²) in [5, 5.41) is 11.1. The average molecular weight is 654 g/mol. The van der Waals surface area contributed by atoms with Crippen molar-refractivity contribution in [3.05, 3.63) is 142 Å². The first kappa shape index (κ1) is 32.9. The zero-order valence-electron chi connectivity index (χ0n) is 25.6. The van der Waals surface area contributed by atoms with Gasteiger partial charge in [-0.1, -0.05) is 72.8 Å². The molecule has 1 aliphatic rings. The highest BCUT2D eigenvalue weighted by molar-refractivity contribution is 8.00. The fourth-order valence-electron chi connectivity index (χ4n) is 4.98. The first-order valence-corrected chi connectivity index (χ1v) is 15.8. The Balaban J connectivity index is 1.45. The molecule has 1 saturated heterocycles. The molecule has 11 nitrogen and oxygen atoms in total. The highest BCUT2D eigenvalue weighted by Crippen LogP contribution is 2.48. The fourth-order valence-corrected chi connectivity index (χ4v) is 5.78. The number of hydrogen-bond acceptors (Lipinski definition) is 10. The predicted molar refractivity (Wildman–Crippen MR) is 176 cm³/mol. The molecule has 1 amide bonds. The van der Waals surface area contributed by atoms with Crippen molar-refractivity contribution in [1.29, 1.82) is 0 Å². The number of β-lactam (4-membered cyclic amide) rings is 1. The van der Waals surface area contributed by atoms with Crippen molar-refractivity contribution in [3.63, 3.8) is 0 Å². The van der Waals surface area contributed by atoms with Gasteiger partial charge in [-0.3, -0.25) is 29.6 Å². The van der Waals surface area contributed by atoms with Gasteiger partial charge in [-0.15, -0.1) is 11.8 Å². The fraction of sp³-hybridized carbons (Fsp3) is 0.200. The highest BCUT2D eigenvalue weighted by atomic mass is 32.2. The summed E-state index contributed by atoms with van der Waals surface area (Å²) in [5.41, 5.74) is 2.54. The van der Waals surface area contributed by atoms with E-state index in [0.717, 1.165) is 27.8 Å². The Kier molecular flexibility index (Phi) is 10.3. The minimum absolute atomic E-state index is 0.0410. The molecule has 1 unspecified atom stereocenters. The van der Waals surface area contributed by atoms with Crippen LogP contribution >= 0.6 is 11.8 Å². The SMILES string of the molecule is CS[C@]1(N=Cc2ccc([N+](=O)[O-])cc2)C(=O)N(C(C(=O)OCc2ccccc2)c2ccc(OCc3ccccc3)cc2)[C@@H]1OC(C)=O. The largest absolute Gasteiger partial charge is 0.489 e. The molecule has 3 atom stereocenters. The van der Waals surface area contributed by atoms with Gasteiger partial charge < -0.3 is 14.2 Å². The van der Waals surface area contributed by atoms with Gasteiger partial charge in [0.15, 0.2) is 6.04 Å². The number of benzene rings is 4. The van der Waals surface area contributed by atoms with Crippen LogP contribution in [0.25, 0.3) is 0 Å². The summed E-state index contributed by atoms with van der Waals surface area (Å²) in [5.74, 6) is -1.45. The normalized spacial score (nSPS) is 17.9. The number of carbonyl (C=O) groups is 3. The van der Waals surface area contributed by atoms with Gasteiger partial charge in [0.05, 0.1) is 4.92 Å². The number of carbonyl (C=O) groups excluding carboxylic acids is 3. The summed E-state index contributed by atoms with van der Waals surface area (Å²) < 4.78 is 17.3. The number of rotatable bonds is 13. The molecule has 0 bridgehead atoms. The van der Waals surface area contributed by atoms with E-state index in [1.165, 1.54) is 37.4 Å². The monoisotopic (exact) mass is 653 g/mol. The summed E-state index contributed by atoms with van der Waals surface area (Å²) in [6, 6.07) is 29.8. The van der Waals surface area contributed by atoms with Gasteiger partial charge in [0.2, 0.25) is 11.1 Å². The Labute approximate surface area is 275 Å². The summed E-state index contributed by atoms with van der Waals surface area (Å²) in [6.07, 6.45) is 1.74. The molecule has 1 fully saturated rings. The quantitative estimate of drug-likeness (QED) is 0.0570. The number of nitro benzene ring substituents is 1. The second-order valence-electron chi connectivity index (χ2n) is 10.5. The van der Waals surface area contributed by atoms with Crippen molar-refractivity contribution in [1.82, 2.24) is 4.90 Å². The lowest BCUT2D eigenvalue weighted by atomic mass is 9.95. The third kappa shape index (κ3) is 7.50. The van der Waals surface area contributed by atoms with Crippen LogP contribution in [0.5, 0.6) is 5.75 Å². The lowest BCUT2D eigenvalue weighted by molar-refractivity contribution is -0.384. The Bertz CT molecular complexity index is 1750. The average Bonchev–Trinajstić information content (AvgIpc) is 3.09. The zero-order valence-corrected chi connectivity index (χ0v) is 26.4. The third-order valence-corrected chi connectivity index (χ3v) is 8.50. The van der Waals surface area contributed by atoms with E-state index in [0.29, 0.717) is 23.5 Å². The first-order valence-electron chi connectivity index (χ1n) is 14.5. The van der Waals surface area contributed by atoms with E-state index in [9.17, 15) is 24.5 Å². The number of aliphatic imine (C=N–C) groups is 1. The number of hydrogen-bond donors (Lipinski definition) is 0. The maximum Gasteiger partial charge on any atom is 0.334 e. The predicted octanol–water partition coefficient (Wildman–Crippen LogP) is 5.87. The van der Waals surface area contributed by atoms with Gasteiger partial charge in [0.1, 0.15) is 19.0 Å². The van der Waals surface area contributed by atoms with E-state index in [2.05, 4.69) is 4.99 Å². The van der Waals surface area contributed by atoms with E-state index >= 15 is 0 Å². The molecule has 0 N–H and O–H groups in total. The molecule has 0 aliphatic carbocycles. The summed E-state index contributed by atoms with van der Waals surface area (Å²) >= 11 is 1.04. The number of nitrogens with zero attached hydrogens (tertiary/aromatic N) is 3. The van der Waals surface area contributed by atoms with Crippen LogP contribution in [0.15, 0.2) is 114 Å². The molecule has 4 aromatic rings. The van der Waals surface area contributed by atoms with Crippen LogP contribution in [0, 0.1) is 10.1 Å². The van der Waals surface area contributed by atoms with Crippen molar-refractivity contribution in [2.75, 3.05) is 6.26 Å². The second kappa shape index (κ2) is 14.7. The Morgan fingerprint density at radius 2 is 1.53 bits per heavy atom. The number of non-ortho nitro benzene ring substituents is 1. The van der Waals surface area contributed by atoms with E-state index < -0.39 is 39.9 Å².